The van der Waals surface area contributed by atoms with E-state index in [1.54, 1.807) is 11.3 Å². The van der Waals surface area contributed by atoms with Crippen molar-refractivity contribution in [3.8, 4) is 0 Å². The van der Waals surface area contributed by atoms with E-state index in [0.717, 1.165) is 56.5 Å². The van der Waals surface area contributed by atoms with Gasteiger partial charge in [-0.1, -0.05) is 33.1 Å². The lowest BCUT2D eigenvalue weighted by Crippen LogP contribution is -2.47. The van der Waals surface area contributed by atoms with Crippen molar-refractivity contribution in [1.82, 2.24) is 9.88 Å². The largest absolute Gasteiger partial charge is 0.334 e. The summed E-state index contributed by atoms with van der Waals surface area (Å²) >= 11 is 1.57. The van der Waals surface area contributed by atoms with Gasteiger partial charge in [-0.15, -0.1) is 11.3 Å². The number of likely N-dealkylation sites (tertiary alicyclic amines) is 1. The average Bonchev–Trinajstić information content (AvgIpc) is 2.94. The highest BCUT2D eigenvalue weighted by Crippen LogP contribution is 2.32. The molecule has 2 fully saturated rings. The van der Waals surface area contributed by atoms with Crippen LogP contribution in [0.5, 0.6) is 0 Å². The van der Waals surface area contributed by atoms with Gasteiger partial charge in [-0.2, -0.15) is 0 Å². The minimum atomic E-state index is 0.0309. The summed E-state index contributed by atoms with van der Waals surface area (Å²) in [6, 6.07) is 0.0806. The summed E-state index contributed by atoms with van der Waals surface area (Å²) in [5.41, 5.74) is 0.568. The number of ketones is 1. The van der Waals surface area contributed by atoms with E-state index in [4.69, 9.17) is 0 Å². The molecule has 132 valence electrons. The molecule has 1 aliphatic carbocycles. The molecule has 0 bridgehead atoms. The summed E-state index contributed by atoms with van der Waals surface area (Å²) in [5, 5.41) is 2.90. The fourth-order valence-electron chi connectivity index (χ4n) is 4.02. The molecule has 5 heteroatoms. The molecule has 2 heterocycles. The number of carbonyl (C=O) groups is 2. The maximum Gasteiger partial charge on any atom is 0.273 e. The SMILES string of the molecule is CC(C)c1nc(C(=O)N2CCCCCC2C2CCCCC2=O)cs1. The number of rotatable bonds is 3. The van der Waals surface area contributed by atoms with Crippen LogP contribution in [-0.2, 0) is 4.79 Å². The third kappa shape index (κ3) is 3.71. The number of amides is 1. The lowest BCUT2D eigenvalue weighted by Gasteiger charge is -2.36. The van der Waals surface area contributed by atoms with Crippen molar-refractivity contribution in [2.75, 3.05) is 6.54 Å². The summed E-state index contributed by atoms with van der Waals surface area (Å²) in [5.74, 6) is 0.788. The molecule has 0 radical (unpaired) electrons. The summed E-state index contributed by atoms with van der Waals surface area (Å²) in [6.07, 6.45) is 8.03. The Morgan fingerprint density at radius 1 is 1.21 bits per heavy atom. The van der Waals surface area contributed by atoms with E-state index in [-0.39, 0.29) is 17.9 Å². The Hall–Kier alpha value is -1.23. The topological polar surface area (TPSA) is 50.3 Å². The molecule has 1 aliphatic heterocycles. The van der Waals surface area contributed by atoms with E-state index < -0.39 is 0 Å². The number of Topliss-reactive ketones (excluding diaryl/α,β-unsaturated/α-hetero) is 1. The molecule has 0 aromatic carbocycles. The van der Waals surface area contributed by atoms with E-state index in [1.165, 1.54) is 0 Å². The molecule has 0 spiro atoms. The van der Waals surface area contributed by atoms with Crippen LogP contribution < -0.4 is 0 Å². The Balaban J connectivity index is 1.83. The number of nitrogens with zero attached hydrogens (tertiary/aromatic N) is 2. The van der Waals surface area contributed by atoms with Crippen molar-refractivity contribution >= 4 is 23.0 Å². The molecule has 24 heavy (non-hydrogen) atoms. The molecule has 3 rings (SSSR count). The van der Waals surface area contributed by atoms with Crippen LogP contribution in [0.15, 0.2) is 5.38 Å². The fourth-order valence-corrected chi connectivity index (χ4v) is 4.83. The number of hydrogen-bond acceptors (Lipinski definition) is 4. The summed E-state index contributed by atoms with van der Waals surface area (Å²) in [7, 11) is 0. The van der Waals surface area contributed by atoms with Crippen LogP contribution in [-0.4, -0.2) is 34.2 Å². The van der Waals surface area contributed by atoms with Crippen molar-refractivity contribution in [1.29, 1.82) is 0 Å². The molecule has 4 nitrogen and oxygen atoms in total. The highest BCUT2D eigenvalue weighted by molar-refractivity contribution is 7.09. The van der Waals surface area contributed by atoms with Crippen molar-refractivity contribution < 1.29 is 9.59 Å². The van der Waals surface area contributed by atoms with E-state index in [0.29, 0.717) is 23.8 Å². The molecule has 1 saturated heterocycles. The third-order valence-corrected chi connectivity index (χ3v) is 6.51. The molecule has 2 aliphatic rings. The molecule has 1 aromatic rings. The summed E-state index contributed by atoms with van der Waals surface area (Å²) in [6.45, 7) is 4.97. The highest BCUT2D eigenvalue weighted by Gasteiger charge is 2.37. The van der Waals surface area contributed by atoms with Gasteiger partial charge in [0.05, 0.1) is 5.01 Å². The number of aromatic nitrogens is 1. The zero-order valence-electron chi connectivity index (χ0n) is 14.8. The maximum absolute atomic E-state index is 13.1. The molecule has 2 atom stereocenters. The van der Waals surface area contributed by atoms with Gasteiger partial charge < -0.3 is 4.90 Å². The zero-order chi connectivity index (χ0) is 17.1. The van der Waals surface area contributed by atoms with Crippen LogP contribution in [0, 0.1) is 5.92 Å². The molecule has 0 N–H and O–H groups in total. The molecule has 1 amide bonds. The number of carbonyl (C=O) groups excluding carboxylic acids is 2. The first-order chi connectivity index (χ1) is 11.6. The Morgan fingerprint density at radius 3 is 2.71 bits per heavy atom. The van der Waals surface area contributed by atoms with Crippen LogP contribution in [0.4, 0.5) is 0 Å². The lowest BCUT2D eigenvalue weighted by molar-refractivity contribution is -0.126. The van der Waals surface area contributed by atoms with Crippen LogP contribution in [0.3, 0.4) is 0 Å². The second-order valence-electron chi connectivity index (χ2n) is 7.46. The van der Waals surface area contributed by atoms with Gasteiger partial charge in [0.25, 0.3) is 5.91 Å². The van der Waals surface area contributed by atoms with Crippen LogP contribution in [0.25, 0.3) is 0 Å². The fraction of sp³-hybridized carbons (Fsp3) is 0.737. The number of hydrogen-bond donors (Lipinski definition) is 0. The highest BCUT2D eigenvalue weighted by atomic mass is 32.1. The molecule has 2 unspecified atom stereocenters. The van der Waals surface area contributed by atoms with E-state index in [2.05, 4.69) is 18.8 Å². The third-order valence-electron chi connectivity index (χ3n) is 5.36. The van der Waals surface area contributed by atoms with Gasteiger partial charge in [0.15, 0.2) is 0 Å². The standard InChI is InChI=1S/C19H28N2O2S/c1-13(2)18-20-15(12-24-18)19(23)21-11-7-3-4-9-16(21)14-8-5-6-10-17(14)22/h12-14,16H,3-11H2,1-2H3. The zero-order valence-corrected chi connectivity index (χ0v) is 15.6. The molecule has 1 aromatic heterocycles. The first-order valence-electron chi connectivity index (χ1n) is 9.37. The van der Waals surface area contributed by atoms with Gasteiger partial charge in [-0.25, -0.2) is 4.98 Å². The van der Waals surface area contributed by atoms with E-state index in [1.807, 2.05) is 10.3 Å². The van der Waals surface area contributed by atoms with Crippen LogP contribution in [0.2, 0.25) is 0 Å². The van der Waals surface area contributed by atoms with Gasteiger partial charge in [-0.05, 0) is 25.7 Å². The Kier molecular flexibility index (Phi) is 5.69. The summed E-state index contributed by atoms with van der Waals surface area (Å²) in [4.78, 5) is 32.1. The van der Waals surface area contributed by atoms with Gasteiger partial charge in [0.1, 0.15) is 11.5 Å². The maximum atomic E-state index is 13.1. The van der Waals surface area contributed by atoms with Crippen molar-refractivity contribution in [3.05, 3.63) is 16.1 Å². The van der Waals surface area contributed by atoms with Gasteiger partial charge in [0, 0.05) is 36.2 Å². The first-order valence-corrected chi connectivity index (χ1v) is 10.2. The van der Waals surface area contributed by atoms with E-state index in [9.17, 15) is 9.59 Å². The Bertz CT molecular complexity index is 596. The second kappa shape index (κ2) is 7.77. The number of thiazole rings is 1. The minimum absolute atomic E-state index is 0.0309. The monoisotopic (exact) mass is 348 g/mol. The van der Waals surface area contributed by atoms with Gasteiger partial charge in [0.2, 0.25) is 0 Å². The normalized spacial score (nSPS) is 25.8. The molecular weight excluding hydrogens is 320 g/mol. The van der Waals surface area contributed by atoms with Gasteiger partial charge >= 0.3 is 0 Å². The smallest absolute Gasteiger partial charge is 0.273 e. The molecule has 1 saturated carbocycles. The van der Waals surface area contributed by atoms with Crippen molar-refractivity contribution in [3.63, 3.8) is 0 Å². The minimum Gasteiger partial charge on any atom is -0.334 e. The Labute approximate surface area is 148 Å². The quantitative estimate of drug-likeness (QED) is 0.813. The summed E-state index contributed by atoms with van der Waals surface area (Å²) < 4.78 is 0. The van der Waals surface area contributed by atoms with Crippen molar-refractivity contribution in [2.24, 2.45) is 5.92 Å². The Morgan fingerprint density at radius 2 is 2.00 bits per heavy atom. The first kappa shape index (κ1) is 17.6. The van der Waals surface area contributed by atoms with Crippen molar-refractivity contribution in [2.45, 2.75) is 77.2 Å². The second-order valence-corrected chi connectivity index (χ2v) is 8.35. The molecular formula is C19H28N2O2S. The average molecular weight is 349 g/mol. The van der Waals surface area contributed by atoms with Crippen LogP contribution in [0.1, 0.15) is 86.6 Å². The lowest BCUT2D eigenvalue weighted by atomic mass is 9.80. The predicted molar refractivity (Wildman–Crippen MR) is 96.5 cm³/mol. The van der Waals surface area contributed by atoms with Gasteiger partial charge in [-0.3, -0.25) is 9.59 Å². The predicted octanol–water partition coefficient (Wildman–Crippen LogP) is 4.41. The van der Waals surface area contributed by atoms with Crippen LogP contribution >= 0.6 is 11.3 Å². The van der Waals surface area contributed by atoms with E-state index >= 15 is 0 Å².